The quantitative estimate of drug-likeness (QED) is 0.293. The molecule has 0 heterocycles. The zero-order chi connectivity index (χ0) is 15.1. The van der Waals surface area contributed by atoms with Crippen molar-refractivity contribution in [3.63, 3.8) is 0 Å². The summed E-state index contributed by atoms with van der Waals surface area (Å²) in [7, 11) is 0. The van der Waals surface area contributed by atoms with Gasteiger partial charge in [0, 0.05) is 0 Å². The Morgan fingerprint density at radius 1 is 1.17 bits per heavy atom. The number of hydrogen-bond acceptors (Lipinski definition) is 0. The van der Waals surface area contributed by atoms with Crippen molar-refractivity contribution < 1.29 is 61.8 Å². The normalized spacial score (nSPS) is 22.4. The first-order chi connectivity index (χ1) is 9.23. The molecule has 6 heteroatoms. The van der Waals surface area contributed by atoms with Gasteiger partial charge in [0.05, 0.1) is 0 Å². The molecule has 23 heavy (non-hydrogen) atoms. The van der Waals surface area contributed by atoms with Crippen LogP contribution in [0.4, 0.5) is 0 Å². The molecule has 2 rings (SSSR count). The Morgan fingerprint density at radius 3 is 2.17 bits per heavy atom. The molecule has 0 saturated heterocycles. The first kappa shape index (κ1) is 25.7. The minimum Gasteiger partial charge on any atom is -1.00 e. The number of rotatable bonds is 1. The second-order valence-electron chi connectivity index (χ2n) is 6.52. The molecule has 1 nitrogen and oxygen atoms in total. The van der Waals surface area contributed by atoms with Crippen LogP contribution in [0.1, 0.15) is 41.0 Å². The molecule has 0 aliphatic heterocycles. The number of nitrogens with zero attached hydrogens (tertiary/aromatic N) is 1. The smallest absolute Gasteiger partial charge is 1.00 e. The van der Waals surface area contributed by atoms with Crippen LogP contribution in [-0.2, 0) is 20.4 Å². The fraction of sp³-hybridized carbons (Fsp3) is 0.471. The molecule has 0 bridgehead atoms. The van der Waals surface area contributed by atoms with E-state index in [1.165, 1.54) is 26.3 Å². The van der Waals surface area contributed by atoms with E-state index in [0.717, 1.165) is 6.42 Å². The molecule has 0 fully saturated rings. The fourth-order valence-corrected chi connectivity index (χ4v) is 3.12. The van der Waals surface area contributed by atoms with Crippen molar-refractivity contribution >= 4 is 17.5 Å². The van der Waals surface area contributed by atoms with Crippen molar-refractivity contribution in [2.24, 2.45) is 5.92 Å². The summed E-state index contributed by atoms with van der Waals surface area (Å²) in [5.74, 6) is 0.525. The van der Waals surface area contributed by atoms with Gasteiger partial charge in [0.1, 0.15) is 0 Å². The third-order valence-corrected chi connectivity index (χ3v) is 5.82. The molecule has 1 unspecified atom stereocenters. The largest absolute Gasteiger partial charge is 1.00 e. The summed E-state index contributed by atoms with van der Waals surface area (Å²) in [5, 5.41) is 0. The maximum Gasteiger partial charge on any atom is -1.00 e. The third-order valence-electron chi connectivity index (χ3n) is 3.82. The minimum atomic E-state index is -0.0847. The predicted octanol–water partition coefficient (Wildman–Crippen LogP) is -4.31. The van der Waals surface area contributed by atoms with Crippen LogP contribution in [0.5, 0.6) is 0 Å². The van der Waals surface area contributed by atoms with E-state index in [9.17, 15) is 0 Å². The topological polar surface area (TPSA) is 3.01 Å². The Bertz CT molecular complexity index is 592. The van der Waals surface area contributed by atoms with Gasteiger partial charge in [0.15, 0.2) is 0 Å². The van der Waals surface area contributed by atoms with Gasteiger partial charge in [-0.3, -0.25) is 0 Å². The molecule has 1 atom stereocenters. The molecule has 0 aromatic carbocycles. The fourth-order valence-electron chi connectivity index (χ4n) is 2.62. The molecule has 0 aromatic rings. The van der Waals surface area contributed by atoms with Gasteiger partial charge in [0.2, 0.25) is 0 Å². The number of hydrogen-bond donors (Lipinski definition) is 0. The zero-order valence-electron chi connectivity index (χ0n) is 14.1. The Hall–Kier alpha value is 0.504. The van der Waals surface area contributed by atoms with Gasteiger partial charge in [0.25, 0.3) is 0 Å². The van der Waals surface area contributed by atoms with Gasteiger partial charge in [-0.2, -0.15) is 0 Å². The number of allylic oxidation sites excluding steroid dienone is 8. The van der Waals surface area contributed by atoms with Crippen LogP contribution in [0, 0.1) is 5.92 Å². The van der Waals surface area contributed by atoms with Crippen molar-refractivity contribution in [2.75, 3.05) is 0 Å². The van der Waals surface area contributed by atoms with E-state index in [-0.39, 0.29) is 42.8 Å². The molecule has 0 radical (unpaired) electrons. The maximum atomic E-state index is 6.61. The van der Waals surface area contributed by atoms with E-state index in [1.807, 2.05) is 4.09 Å². The van der Waals surface area contributed by atoms with Crippen LogP contribution >= 0.6 is 11.8 Å². The molecule has 0 aromatic heterocycles. The van der Waals surface area contributed by atoms with E-state index in [1.54, 1.807) is 0 Å². The van der Waals surface area contributed by atoms with Gasteiger partial charge in [-0.15, -0.1) is 0 Å². The first-order valence-corrected chi connectivity index (χ1v) is 8.19. The predicted molar refractivity (Wildman–Crippen MR) is 82.7 cm³/mol. The summed E-state index contributed by atoms with van der Waals surface area (Å²) in [6.45, 7) is 10.9. The van der Waals surface area contributed by atoms with Crippen LogP contribution in [-0.4, -0.2) is 15.3 Å². The van der Waals surface area contributed by atoms with E-state index >= 15 is 0 Å². The average molecular weight is 430 g/mol. The van der Waals surface area contributed by atoms with E-state index < -0.39 is 0 Å². The second kappa shape index (κ2) is 9.85. The standard InChI is InChI=1S/C17H22ClN.3ClH.Ti/c1-12-10-13(2)15(11-12)14-8-6-7-9-16(14)19(18)17(3,4)5;;;;/h6-8,11-12H,9H2,1-5H3;3*1H;/q+1;;;;/p-3. The molecule has 0 spiro atoms. The summed E-state index contributed by atoms with van der Waals surface area (Å²) >= 11 is 8.83. The Labute approximate surface area is 175 Å². The molecule has 2 aliphatic rings. The molecule has 0 N–H and O–H groups in total. The SMILES string of the molecule is CC1=[C]([Ti])C(C)C=C1C1=CC=CCC1=[N+](Cl)C(C)(C)C.[Cl-].[Cl-].[Cl-]. The van der Waals surface area contributed by atoms with Gasteiger partial charge in [-0.1, -0.05) is 0 Å². The van der Waals surface area contributed by atoms with Crippen molar-refractivity contribution in [2.45, 2.75) is 46.6 Å². The van der Waals surface area contributed by atoms with Gasteiger partial charge >= 0.3 is 139 Å². The summed E-state index contributed by atoms with van der Waals surface area (Å²) in [4.78, 5) is 0. The van der Waals surface area contributed by atoms with Crippen molar-refractivity contribution in [1.29, 1.82) is 0 Å². The molecule has 0 saturated carbocycles. The molecular formula is C17H22Cl4NTi-2. The first-order valence-electron chi connectivity index (χ1n) is 7.07. The van der Waals surface area contributed by atoms with Crippen LogP contribution in [0.15, 0.2) is 44.9 Å². The van der Waals surface area contributed by atoms with Crippen molar-refractivity contribution in [3.8, 4) is 0 Å². The number of halogens is 4. The Morgan fingerprint density at radius 2 is 1.74 bits per heavy atom. The van der Waals surface area contributed by atoms with Gasteiger partial charge in [-0.05, 0) is 0 Å². The van der Waals surface area contributed by atoms with E-state index in [4.69, 9.17) is 11.8 Å². The minimum absolute atomic E-state index is 0. The summed E-state index contributed by atoms with van der Waals surface area (Å²) < 4.78 is 3.36. The Balaban J connectivity index is 0. The third kappa shape index (κ3) is 5.49. The molecular weight excluding hydrogens is 408 g/mol. The summed E-state index contributed by atoms with van der Waals surface area (Å²) in [5.41, 5.74) is 5.14. The monoisotopic (exact) mass is 428 g/mol. The van der Waals surface area contributed by atoms with Gasteiger partial charge < -0.3 is 37.2 Å². The average Bonchev–Trinajstić information content (AvgIpc) is 2.64. The summed E-state index contributed by atoms with van der Waals surface area (Å²) in [6, 6.07) is 0. The van der Waals surface area contributed by atoms with Crippen LogP contribution in [0.2, 0.25) is 0 Å². The maximum absolute atomic E-state index is 6.61. The molecule has 2 aliphatic carbocycles. The zero-order valence-corrected chi connectivity index (χ0v) is 18.6. The summed E-state index contributed by atoms with van der Waals surface area (Å²) in [6.07, 6.45) is 9.76. The Kier molecular flexibility index (Phi) is 11.0. The van der Waals surface area contributed by atoms with Crippen molar-refractivity contribution in [1.82, 2.24) is 0 Å². The molecule has 0 amide bonds. The van der Waals surface area contributed by atoms with E-state index in [2.05, 4.69) is 79.4 Å². The van der Waals surface area contributed by atoms with E-state index in [0.29, 0.717) is 5.92 Å². The van der Waals surface area contributed by atoms with Crippen LogP contribution < -0.4 is 37.2 Å². The van der Waals surface area contributed by atoms with Gasteiger partial charge in [-0.25, -0.2) is 0 Å². The second-order valence-corrected chi connectivity index (χ2v) is 7.70. The van der Waals surface area contributed by atoms with Crippen LogP contribution in [0.3, 0.4) is 0 Å². The molecule has 129 valence electrons. The van der Waals surface area contributed by atoms with Crippen molar-refractivity contribution in [3.05, 3.63) is 44.9 Å². The van der Waals surface area contributed by atoms with Crippen LogP contribution in [0.25, 0.3) is 0 Å².